The number of ether oxygens (including phenoxy) is 1. The van der Waals surface area contributed by atoms with Crippen molar-refractivity contribution in [1.82, 2.24) is 9.55 Å². The summed E-state index contributed by atoms with van der Waals surface area (Å²) in [6.45, 7) is 0.582. The molecule has 0 saturated heterocycles. The molecular formula is C23H22N4O4S. The molecule has 0 bridgehead atoms. The van der Waals surface area contributed by atoms with Crippen LogP contribution in [-0.4, -0.2) is 43.8 Å². The lowest BCUT2D eigenvalue weighted by Gasteiger charge is -2.18. The van der Waals surface area contributed by atoms with Crippen LogP contribution in [0.25, 0.3) is 21.8 Å². The van der Waals surface area contributed by atoms with E-state index in [2.05, 4.69) is 9.71 Å². The number of sulfonamides is 1. The molecule has 1 N–H and O–H groups in total. The molecule has 8 nitrogen and oxygen atoms in total. The van der Waals surface area contributed by atoms with Crippen LogP contribution < -0.4 is 14.4 Å². The number of hydrogen-bond donors (Lipinski definition) is 1. The molecule has 2 aromatic heterocycles. The number of rotatable bonds is 4. The van der Waals surface area contributed by atoms with E-state index < -0.39 is 10.0 Å². The molecule has 1 amide bonds. The second-order valence-electron chi connectivity index (χ2n) is 7.92. The lowest BCUT2D eigenvalue weighted by Crippen LogP contribution is -2.29. The quantitative estimate of drug-likeness (QED) is 0.515. The van der Waals surface area contributed by atoms with Gasteiger partial charge in [-0.3, -0.25) is 14.5 Å². The molecule has 0 spiro atoms. The molecular weight excluding hydrogens is 428 g/mol. The van der Waals surface area contributed by atoms with E-state index in [1.807, 2.05) is 23.7 Å². The molecule has 4 aromatic rings. The Morgan fingerprint density at radius 1 is 1.19 bits per heavy atom. The fraction of sp³-hybridized carbons (Fsp3) is 0.217. The lowest BCUT2D eigenvalue weighted by atomic mass is 10.0. The number of carbonyl (C=O) groups is 1. The zero-order valence-corrected chi connectivity index (χ0v) is 18.7. The zero-order valence-electron chi connectivity index (χ0n) is 17.9. The number of fused-ring (bicyclic) bond motifs is 4. The van der Waals surface area contributed by atoms with Gasteiger partial charge in [0.2, 0.25) is 10.0 Å². The Bertz CT molecular complexity index is 1510. The van der Waals surface area contributed by atoms with Crippen molar-refractivity contribution < 1.29 is 17.9 Å². The fourth-order valence-electron chi connectivity index (χ4n) is 4.53. The van der Waals surface area contributed by atoms with Crippen LogP contribution in [-0.2, 0) is 23.5 Å². The minimum Gasteiger partial charge on any atom is -0.495 e. The number of nitrogens with one attached hydrogen (secondary N) is 1. The third-order valence-corrected chi connectivity index (χ3v) is 6.48. The van der Waals surface area contributed by atoms with Crippen molar-refractivity contribution in [3.8, 4) is 5.75 Å². The molecule has 2 aromatic carbocycles. The lowest BCUT2D eigenvalue weighted by molar-refractivity contribution is 0.0991. The number of benzene rings is 2. The SMILES string of the molecule is COc1ccc(C(=O)N2CCc3cnccc32)c2c3cc(NS(C)(=O)=O)ccc3n(C)c12. The first-order valence-electron chi connectivity index (χ1n) is 10.1. The maximum Gasteiger partial charge on any atom is 0.259 e. The number of aryl methyl sites for hydroxylation is 1. The second kappa shape index (κ2) is 7.23. The van der Waals surface area contributed by atoms with E-state index in [0.717, 1.165) is 45.7 Å². The van der Waals surface area contributed by atoms with Crippen LogP contribution in [0.1, 0.15) is 15.9 Å². The van der Waals surface area contributed by atoms with Crippen molar-refractivity contribution in [3.63, 3.8) is 0 Å². The molecule has 1 aliphatic heterocycles. The largest absolute Gasteiger partial charge is 0.495 e. The third kappa shape index (κ3) is 3.16. The summed E-state index contributed by atoms with van der Waals surface area (Å²) in [4.78, 5) is 19.7. The average molecular weight is 451 g/mol. The highest BCUT2D eigenvalue weighted by atomic mass is 32.2. The van der Waals surface area contributed by atoms with E-state index in [1.165, 1.54) is 0 Å². The number of carbonyl (C=O) groups excluding carboxylic acids is 1. The summed E-state index contributed by atoms with van der Waals surface area (Å²) in [5, 5.41) is 1.50. The smallest absolute Gasteiger partial charge is 0.259 e. The minimum absolute atomic E-state index is 0.114. The average Bonchev–Trinajstić information content (AvgIpc) is 3.31. The van der Waals surface area contributed by atoms with E-state index >= 15 is 0 Å². The monoisotopic (exact) mass is 450 g/mol. The van der Waals surface area contributed by atoms with Crippen LogP contribution in [0.4, 0.5) is 11.4 Å². The molecule has 0 radical (unpaired) electrons. The van der Waals surface area contributed by atoms with E-state index in [0.29, 0.717) is 23.5 Å². The summed E-state index contributed by atoms with van der Waals surface area (Å²) in [7, 11) is 0.0556. The van der Waals surface area contributed by atoms with Gasteiger partial charge in [0.1, 0.15) is 5.75 Å². The van der Waals surface area contributed by atoms with Crippen molar-refractivity contribution in [1.29, 1.82) is 0 Å². The molecule has 0 unspecified atom stereocenters. The summed E-state index contributed by atoms with van der Waals surface area (Å²) < 4.78 is 33.6. The summed E-state index contributed by atoms with van der Waals surface area (Å²) in [5.41, 5.74) is 4.53. The van der Waals surface area contributed by atoms with Crippen LogP contribution >= 0.6 is 0 Å². The number of amides is 1. The van der Waals surface area contributed by atoms with Crippen LogP contribution in [0.5, 0.6) is 5.75 Å². The van der Waals surface area contributed by atoms with E-state index in [-0.39, 0.29) is 5.91 Å². The Hall–Kier alpha value is -3.59. The predicted molar refractivity (Wildman–Crippen MR) is 125 cm³/mol. The van der Waals surface area contributed by atoms with Crippen molar-refractivity contribution >= 4 is 49.1 Å². The van der Waals surface area contributed by atoms with Crippen LogP contribution in [0.2, 0.25) is 0 Å². The van der Waals surface area contributed by atoms with Gasteiger partial charge < -0.3 is 14.2 Å². The molecule has 0 saturated carbocycles. The fourth-order valence-corrected chi connectivity index (χ4v) is 5.09. The summed E-state index contributed by atoms with van der Waals surface area (Å²) in [6, 6.07) is 10.7. The Morgan fingerprint density at radius 3 is 2.75 bits per heavy atom. The second-order valence-corrected chi connectivity index (χ2v) is 9.66. The molecule has 9 heteroatoms. The highest BCUT2D eigenvalue weighted by Gasteiger charge is 2.28. The van der Waals surface area contributed by atoms with Gasteiger partial charge in [-0.1, -0.05) is 0 Å². The number of methoxy groups -OCH3 is 1. The molecule has 0 fully saturated rings. The standard InChI is InChI=1S/C23H22N4O4S/c1-26-19-6-4-15(25-32(3,29)30)12-17(19)21-16(5-7-20(31-2)22(21)26)23(28)27-11-9-14-13-24-10-8-18(14)27/h4-8,10,12-13,25H,9,11H2,1-3H3. The van der Waals surface area contributed by atoms with Gasteiger partial charge in [0.05, 0.1) is 30.1 Å². The van der Waals surface area contributed by atoms with Gasteiger partial charge in [0.25, 0.3) is 5.91 Å². The molecule has 1 aliphatic rings. The number of pyridine rings is 1. The molecule has 5 rings (SSSR count). The van der Waals surface area contributed by atoms with Crippen LogP contribution in [0.15, 0.2) is 48.8 Å². The number of aromatic nitrogens is 2. The Balaban J connectivity index is 1.76. The van der Waals surface area contributed by atoms with Crippen LogP contribution in [0.3, 0.4) is 0 Å². The Labute approximate surface area is 185 Å². The normalized spacial score (nSPS) is 13.5. The molecule has 164 valence electrons. The summed E-state index contributed by atoms with van der Waals surface area (Å²) >= 11 is 0. The first-order chi connectivity index (χ1) is 15.3. The van der Waals surface area contributed by atoms with Gasteiger partial charge in [0, 0.05) is 48.0 Å². The zero-order chi connectivity index (χ0) is 22.6. The molecule has 32 heavy (non-hydrogen) atoms. The van der Waals surface area contributed by atoms with E-state index in [4.69, 9.17) is 4.74 Å². The Kier molecular flexibility index (Phi) is 4.59. The highest BCUT2D eigenvalue weighted by Crippen LogP contribution is 2.39. The predicted octanol–water partition coefficient (Wildman–Crippen LogP) is 3.31. The number of hydrogen-bond acceptors (Lipinski definition) is 5. The van der Waals surface area contributed by atoms with Gasteiger partial charge in [-0.15, -0.1) is 0 Å². The van der Waals surface area contributed by atoms with Gasteiger partial charge >= 0.3 is 0 Å². The van der Waals surface area contributed by atoms with E-state index in [9.17, 15) is 13.2 Å². The topological polar surface area (TPSA) is 93.5 Å². The molecule has 3 heterocycles. The van der Waals surface area contributed by atoms with Crippen molar-refractivity contribution in [2.75, 3.05) is 29.5 Å². The van der Waals surface area contributed by atoms with Gasteiger partial charge in [0.15, 0.2) is 0 Å². The van der Waals surface area contributed by atoms with Crippen molar-refractivity contribution in [3.05, 3.63) is 59.9 Å². The maximum absolute atomic E-state index is 13.7. The Morgan fingerprint density at radius 2 is 2.00 bits per heavy atom. The maximum atomic E-state index is 13.7. The van der Waals surface area contributed by atoms with E-state index in [1.54, 1.807) is 48.7 Å². The summed E-state index contributed by atoms with van der Waals surface area (Å²) in [5.74, 6) is 0.524. The minimum atomic E-state index is -3.44. The van der Waals surface area contributed by atoms with Crippen molar-refractivity contribution in [2.45, 2.75) is 6.42 Å². The summed E-state index contributed by atoms with van der Waals surface area (Å²) in [6.07, 6.45) is 5.35. The van der Waals surface area contributed by atoms with Crippen molar-refractivity contribution in [2.24, 2.45) is 7.05 Å². The number of anilines is 2. The first kappa shape index (κ1) is 20.3. The number of nitrogens with zero attached hydrogens (tertiary/aromatic N) is 3. The van der Waals surface area contributed by atoms with Gasteiger partial charge in [-0.2, -0.15) is 0 Å². The third-order valence-electron chi connectivity index (χ3n) is 5.88. The highest BCUT2D eigenvalue weighted by molar-refractivity contribution is 7.92. The first-order valence-corrected chi connectivity index (χ1v) is 12.0. The molecule has 0 aliphatic carbocycles. The van der Waals surface area contributed by atoms with Gasteiger partial charge in [-0.25, -0.2) is 8.42 Å². The van der Waals surface area contributed by atoms with Gasteiger partial charge in [-0.05, 0) is 48.4 Å². The molecule has 0 atom stereocenters. The van der Waals surface area contributed by atoms with Crippen LogP contribution in [0, 0.1) is 0 Å².